The lowest BCUT2D eigenvalue weighted by Gasteiger charge is -2.05. The Morgan fingerprint density at radius 3 is 2.80 bits per heavy atom. The van der Waals surface area contributed by atoms with E-state index in [0.29, 0.717) is 0 Å². The van der Waals surface area contributed by atoms with Crippen molar-refractivity contribution in [1.82, 2.24) is 4.98 Å². The van der Waals surface area contributed by atoms with Crippen LogP contribution < -0.4 is 5.73 Å². The molecule has 0 amide bonds. The number of aromatic nitrogens is 1. The highest BCUT2D eigenvalue weighted by Gasteiger charge is 2.06. The van der Waals surface area contributed by atoms with Gasteiger partial charge in [0.15, 0.2) is 0 Å². The number of nitrogens with two attached hydrogens (primary N) is 1. The number of hydrogen-bond donors (Lipinski definition) is 2. The first kappa shape index (κ1) is 7.82. The lowest BCUT2D eigenvalue weighted by molar-refractivity contribution is 0.697. The molecule has 0 spiro atoms. The SMILES string of the molecule is CC[C@@H](N)c1c[nH]cc1Br. The highest BCUT2D eigenvalue weighted by molar-refractivity contribution is 9.10. The molecule has 10 heavy (non-hydrogen) atoms. The first-order valence-corrected chi connectivity index (χ1v) is 4.12. The maximum atomic E-state index is 5.79. The smallest absolute Gasteiger partial charge is 0.0397 e. The number of H-pyrrole nitrogens is 1. The molecule has 0 aliphatic carbocycles. The van der Waals surface area contributed by atoms with Crippen LogP contribution in [0.25, 0.3) is 0 Å². The Hall–Kier alpha value is -0.280. The number of halogens is 1. The summed E-state index contributed by atoms with van der Waals surface area (Å²) in [4.78, 5) is 2.99. The van der Waals surface area contributed by atoms with E-state index in [9.17, 15) is 0 Å². The van der Waals surface area contributed by atoms with Gasteiger partial charge in [-0.2, -0.15) is 0 Å². The molecular formula is C7H11BrN2. The van der Waals surface area contributed by atoms with Gasteiger partial charge in [0.1, 0.15) is 0 Å². The maximum absolute atomic E-state index is 5.79. The fraction of sp³-hybridized carbons (Fsp3) is 0.429. The molecule has 1 aromatic rings. The van der Waals surface area contributed by atoms with Gasteiger partial charge in [0.25, 0.3) is 0 Å². The second kappa shape index (κ2) is 3.21. The molecule has 0 aliphatic rings. The predicted octanol–water partition coefficient (Wildman–Crippen LogP) is 2.19. The summed E-state index contributed by atoms with van der Waals surface area (Å²) in [6, 6.07) is 0.153. The van der Waals surface area contributed by atoms with Crippen LogP contribution >= 0.6 is 15.9 Å². The molecule has 1 rings (SSSR count). The zero-order chi connectivity index (χ0) is 7.56. The van der Waals surface area contributed by atoms with Crippen molar-refractivity contribution in [2.45, 2.75) is 19.4 Å². The molecule has 0 saturated heterocycles. The molecule has 0 aliphatic heterocycles. The summed E-state index contributed by atoms with van der Waals surface area (Å²) in [7, 11) is 0. The monoisotopic (exact) mass is 202 g/mol. The molecule has 1 aromatic heterocycles. The van der Waals surface area contributed by atoms with Crippen molar-refractivity contribution in [2.75, 3.05) is 0 Å². The Bertz CT molecular complexity index is 207. The van der Waals surface area contributed by atoms with Crippen molar-refractivity contribution in [1.29, 1.82) is 0 Å². The molecule has 0 unspecified atom stereocenters. The molecule has 0 radical (unpaired) electrons. The molecule has 0 saturated carbocycles. The van der Waals surface area contributed by atoms with E-state index in [0.717, 1.165) is 16.5 Å². The van der Waals surface area contributed by atoms with Crippen LogP contribution in [0.1, 0.15) is 24.9 Å². The quantitative estimate of drug-likeness (QED) is 0.759. The van der Waals surface area contributed by atoms with Gasteiger partial charge in [-0.05, 0) is 22.4 Å². The number of hydrogen-bond acceptors (Lipinski definition) is 1. The van der Waals surface area contributed by atoms with Gasteiger partial charge in [-0.3, -0.25) is 0 Å². The van der Waals surface area contributed by atoms with Gasteiger partial charge in [-0.1, -0.05) is 6.92 Å². The van der Waals surface area contributed by atoms with E-state index >= 15 is 0 Å². The molecule has 1 heterocycles. The normalized spacial score (nSPS) is 13.5. The Labute approximate surface area is 68.9 Å². The molecular weight excluding hydrogens is 192 g/mol. The molecule has 3 N–H and O–H groups in total. The molecule has 2 nitrogen and oxygen atoms in total. The van der Waals surface area contributed by atoms with Gasteiger partial charge in [0.05, 0.1) is 0 Å². The van der Waals surface area contributed by atoms with E-state index in [1.54, 1.807) is 0 Å². The van der Waals surface area contributed by atoms with Crippen molar-refractivity contribution >= 4 is 15.9 Å². The first-order chi connectivity index (χ1) is 4.75. The van der Waals surface area contributed by atoms with Gasteiger partial charge in [0.2, 0.25) is 0 Å². The second-order valence-electron chi connectivity index (χ2n) is 2.27. The summed E-state index contributed by atoms with van der Waals surface area (Å²) >= 11 is 3.40. The molecule has 56 valence electrons. The summed E-state index contributed by atoms with van der Waals surface area (Å²) in [5, 5.41) is 0. The third-order valence-corrected chi connectivity index (χ3v) is 2.25. The van der Waals surface area contributed by atoms with Gasteiger partial charge in [-0.15, -0.1) is 0 Å². The van der Waals surface area contributed by atoms with E-state index in [4.69, 9.17) is 5.73 Å². The third kappa shape index (κ3) is 1.41. The Kier molecular flexibility index (Phi) is 2.51. The molecule has 0 fully saturated rings. The summed E-state index contributed by atoms with van der Waals surface area (Å²) in [6.45, 7) is 2.07. The second-order valence-corrected chi connectivity index (χ2v) is 3.13. The van der Waals surface area contributed by atoms with Gasteiger partial charge in [0, 0.05) is 28.5 Å². The topological polar surface area (TPSA) is 41.8 Å². The standard InChI is InChI=1S/C7H11BrN2/c1-2-7(9)5-3-10-4-6(5)8/h3-4,7,10H,2,9H2,1H3/t7-/m1/s1. The minimum Gasteiger partial charge on any atom is -0.366 e. The van der Waals surface area contributed by atoms with Crippen LogP contribution in [0.5, 0.6) is 0 Å². The number of nitrogens with one attached hydrogen (secondary N) is 1. The fourth-order valence-corrected chi connectivity index (χ4v) is 1.40. The summed E-state index contributed by atoms with van der Waals surface area (Å²) in [5.74, 6) is 0. The Morgan fingerprint density at radius 1 is 1.70 bits per heavy atom. The van der Waals surface area contributed by atoms with Crippen LogP contribution in [0, 0.1) is 0 Å². The minimum atomic E-state index is 0.153. The summed E-state index contributed by atoms with van der Waals surface area (Å²) < 4.78 is 1.07. The fourth-order valence-electron chi connectivity index (χ4n) is 0.861. The molecule has 3 heteroatoms. The van der Waals surface area contributed by atoms with Crippen molar-refractivity contribution < 1.29 is 0 Å². The highest BCUT2D eigenvalue weighted by Crippen LogP contribution is 2.22. The van der Waals surface area contributed by atoms with Crippen molar-refractivity contribution in [3.05, 3.63) is 22.4 Å². The molecule has 0 aromatic carbocycles. The van der Waals surface area contributed by atoms with Crippen LogP contribution in [0.3, 0.4) is 0 Å². The van der Waals surface area contributed by atoms with Gasteiger partial charge in [-0.25, -0.2) is 0 Å². The van der Waals surface area contributed by atoms with Crippen molar-refractivity contribution in [3.63, 3.8) is 0 Å². The maximum Gasteiger partial charge on any atom is 0.0397 e. The van der Waals surface area contributed by atoms with Crippen molar-refractivity contribution in [2.24, 2.45) is 5.73 Å². The minimum absolute atomic E-state index is 0.153. The lowest BCUT2D eigenvalue weighted by Crippen LogP contribution is -2.07. The summed E-state index contributed by atoms with van der Waals surface area (Å²) in [5.41, 5.74) is 6.94. The lowest BCUT2D eigenvalue weighted by atomic mass is 10.1. The van der Waals surface area contributed by atoms with Gasteiger partial charge >= 0.3 is 0 Å². The van der Waals surface area contributed by atoms with Crippen LogP contribution in [-0.4, -0.2) is 4.98 Å². The number of aromatic amines is 1. The van der Waals surface area contributed by atoms with Crippen LogP contribution in [0.4, 0.5) is 0 Å². The van der Waals surface area contributed by atoms with E-state index in [-0.39, 0.29) is 6.04 Å². The zero-order valence-corrected chi connectivity index (χ0v) is 7.48. The number of rotatable bonds is 2. The predicted molar refractivity (Wildman–Crippen MR) is 45.7 cm³/mol. The van der Waals surface area contributed by atoms with E-state index in [1.807, 2.05) is 12.4 Å². The molecule has 1 atom stereocenters. The van der Waals surface area contributed by atoms with Crippen molar-refractivity contribution in [3.8, 4) is 0 Å². The van der Waals surface area contributed by atoms with Crippen LogP contribution in [0.15, 0.2) is 16.9 Å². The zero-order valence-electron chi connectivity index (χ0n) is 5.89. The summed E-state index contributed by atoms with van der Waals surface area (Å²) in [6.07, 6.45) is 4.79. The average Bonchev–Trinajstić information content (AvgIpc) is 2.34. The van der Waals surface area contributed by atoms with E-state index in [1.165, 1.54) is 0 Å². The van der Waals surface area contributed by atoms with Crippen LogP contribution in [-0.2, 0) is 0 Å². The Balaban J connectivity index is 2.82. The largest absolute Gasteiger partial charge is 0.366 e. The third-order valence-electron chi connectivity index (χ3n) is 1.56. The highest BCUT2D eigenvalue weighted by atomic mass is 79.9. The van der Waals surface area contributed by atoms with E-state index < -0.39 is 0 Å². The van der Waals surface area contributed by atoms with E-state index in [2.05, 4.69) is 27.8 Å². The first-order valence-electron chi connectivity index (χ1n) is 3.33. The Morgan fingerprint density at radius 2 is 2.40 bits per heavy atom. The molecule has 0 bridgehead atoms. The average molecular weight is 203 g/mol. The van der Waals surface area contributed by atoms with Crippen LogP contribution in [0.2, 0.25) is 0 Å². The van der Waals surface area contributed by atoms with Gasteiger partial charge < -0.3 is 10.7 Å².